The van der Waals surface area contributed by atoms with Crippen LogP contribution in [0.15, 0.2) is 24.7 Å². The van der Waals surface area contributed by atoms with Crippen LogP contribution in [0.4, 0.5) is 0 Å². The van der Waals surface area contributed by atoms with Crippen LogP contribution in [0.1, 0.15) is 32.0 Å². The van der Waals surface area contributed by atoms with Crippen LogP contribution in [0.25, 0.3) is 11.1 Å². The van der Waals surface area contributed by atoms with E-state index in [1.165, 1.54) is 0 Å². The molecule has 0 bridgehead atoms. The molecule has 4 heteroatoms. The van der Waals surface area contributed by atoms with Crippen LogP contribution in [0.5, 0.6) is 0 Å². The maximum atomic E-state index is 5.67. The molecule has 2 aromatic heterocycles. The van der Waals surface area contributed by atoms with Gasteiger partial charge in [0.1, 0.15) is 0 Å². The highest BCUT2D eigenvalue weighted by Crippen LogP contribution is 2.31. The van der Waals surface area contributed by atoms with Crippen molar-refractivity contribution in [3.8, 4) is 11.1 Å². The third-order valence-electron chi connectivity index (χ3n) is 2.88. The molecule has 0 radical (unpaired) electrons. The van der Waals surface area contributed by atoms with Gasteiger partial charge in [-0.2, -0.15) is 5.10 Å². The second-order valence-electron chi connectivity index (χ2n) is 5.60. The van der Waals surface area contributed by atoms with Crippen molar-refractivity contribution >= 4 is 0 Å². The summed E-state index contributed by atoms with van der Waals surface area (Å²) in [5, 5.41) is 4.57. The van der Waals surface area contributed by atoms with Crippen LogP contribution in [0.2, 0.25) is 0 Å². The number of aryl methyl sites for hydroxylation is 1. The Morgan fingerprint density at radius 2 is 2.00 bits per heavy atom. The lowest BCUT2D eigenvalue weighted by Gasteiger charge is -2.17. The molecule has 0 aromatic carbocycles. The SMILES string of the molecule is Cn1cc(-c2cncc(CN)c2)c(C(C)(C)C)n1. The molecule has 96 valence electrons. The molecule has 0 atom stereocenters. The molecule has 0 aliphatic heterocycles. The summed E-state index contributed by atoms with van der Waals surface area (Å²) in [6.07, 6.45) is 5.71. The molecule has 0 spiro atoms. The van der Waals surface area contributed by atoms with Crippen LogP contribution in [0, 0.1) is 0 Å². The highest BCUT2D eigenvalue weighted by molar-refractivity contribution is 5.66. The highest BCUT2D eigenvalue weighted by Gasteiger charge is 2.22. The monoisotopic (exact) mass is 244 g/mol. The summed E-state index contributed by atoms with van der Waals surface area (Å²) >= 11 is 0. The van der Waals surface area contributed by atoms with Crippen LogP contribution in [-0.2, 0) is 19.0 Å². The van der Waals surface area contributed by atoms with E-state index in [0.717, 1.165) is 22.4 Å². The van der Waals surface area contributed by atoms with E-state index in [1.54, 1.807) is 6.20 Å². The Labute approximate surface area is 108 Å². The van der Waals surface area contributed by atoms with E-state index < -0.39 is 0 Å². The summed E-state index contributed by atoms with van der Waals surface area (Å²) in [4.78, 5) is 4.25. The molecule has 0 unspecified atom stereocenters. The Morgan fingerprint density at radius 3 is 2.61 bits per heavy atom. The van der Waals surface area contributed by atoms with Gasteiger partial charge in [0.15, 0.2) is 0 Å². The summed E-state index contributed by atoms with van der Waals surface area (Å²) in [6, 6.07) is 2.08. The topological polar surface area (TPSA) is 56.7 Å². The minimum absolute atomic E-state index is 0.00924. The molecule has 2 aromatic rings. The Kier molecular flexibility index (Phi) is 3.22. The van der Waals surface area contributed by atoms with Crippen molar-refractivity contribution in [2.75, 3.05) is 0 Å². The standard InChI is InChI=1S/C14H20N4/c1-14(2,3)13-12(9-18(4)17-13)11-5-10(6-15)7-16-8-11/h5,7-9H,6,15H2,1-4H3. The molecule has 18 heavy (non-hydrogen) atoms. The molecule has 2 heterocycles. The molecule has 2 rings (SSSR count). The molecular formula is C14H20N4. The molecule has 0 saturated heterocycles. The maximum Gasteiger partial charge on any atom is 0.0756 e. The summed E-state index contributed by atoms with van der Waals surface area (Å²) in [5.41, 5.74) is 10.0. The minimum atomic E-state index is 0.00924. The quantitative estimate of drug-likeness (QED) is 0.881. The van der Waals surface area contributed by atoms with E-state index in [0.29, 0.717) is 6.54 Å². The van der Waals surface area contributed by atoms with E-state index in [-0.39, 0.29) is 5.41 Å². The van der Waals surface area contributed by atoms with Gasteiger partial charge >= 0.3 is 0 Å². The lowest BCUT2D eigenvalue weighted by atomic mass is 9.88. The summed E-state index contributed by atoms with van der Waals surface area (Å²) in [7, 11) is 1.94. The van der Waals surface area contributed by atoms with Crippen molar-refractivity contribution in [1.29, 1.82) is 0 Å². The molecular weight excluding hydrogens is 224 g/mol. The van der Waals surface area contributed by atoms with Crippen molar-refractivity contribution in [3.05, 3.63) is 35.9 Å². The fourth-order valence-corrected chi connectivity index (χ4v) is 2.00. The second-order valence-corrected chi connectivity index (χ2v) is 5.60. The first-order chi connectivity index (χ1) is 8.41. The zero-order valence-corrected chi connectivity index (χ0v) is 11.4. The average Bonchev–Trinajstić information content (AvgIpc) is 2.71. The Hall–Kier alpha value is -1.68. The third kappa shape index (κ3) is 2.43. The van der Waals surface area contributed by atoms with Gasteiger partial charge in [-0.1, -0.05) is 20.8 Å². The largest absolute Gasteiger partial charge is 0.326 e. The molecule has 0 amide bonds. The van der Waals surface area contributed by atoms with Crippen molar-refractivity contribution in [1.82, 2.24) is 14.8 Å². The van der Waals surface area contributed by atoms with Gasteiger partial charge in [-0.25, -0.2) is 0 Å². The van der Waals surface area contributed by atoms with Crippen LogP contribution >= 0.6 is 0 Å². The zero-order valence-electron chi connectivity index (χ0n) is 11.4. The average molecular weight is 244 g/mol. The number of pyridine rings is 1. The lowest BCUT2D eigenvalue weighted by Crippen LogP contribution is -2.13. The smallest absolute Gasteiger partial charge is 0.0756 e. The van der Waals surface area contributed by atoms with Gasteiger partial charge in [-0.05, 0) is 11.6 Å². The van der Waals surface area contributed by atoms with Gasteiger partial charge < -0.3 is 5.73 Å². The summed E-state index contributed by atoms with van der Waals surface area (Å²) in [6.45, 7) is 7.00. The fraction of sp³-hybridized carbons (Fsp3) is 0.429. The van der Waals surface area contributed by atoms with Gasteiger partial charge in [0, 0.05) is 48.7 Å². The zero-order chi connectivity index (χ0) is 13.3. The summed E-state index contributed by atoms with van der Waals surface area (Å²) in [5.74, 6) is 0. The van der Waals surface area contributed by atoms with E-state index in [4.69, 9.17) is 5.73 Å². The first kappa shape index (κ1) is 12.8. The predicted molar refractivity (Wildman–Crippen MR) is 73.0 cm³/mol. The number of rotatable bonds is 2. The van der Waals surface area contributed by atoms with Crippen molar-refractivity contribution in [3.63, 3.8) is 0 Å². The van der Waals surface area contributed by atoms with E-state index in [2.05, 4.69) is 36.9 Å². The highest BCUT2D eigenvalue weighted by atomic mass is 15.3. The van der Waals surface area contributed by atoms with E-state index in [9.17, 15) is 0 Å². The first-order valence-corrected chi connectivity index (χ1v) is 6.10. The van der Waals surface area contributed by atoms with E-state index in [1.807, 2.05) is 24.1 Å². The van der Waals surface area contributed by atoms with Crippen molar-refractivity contribution in [2.45, 2.75) is 32.7 Å². The first-order valence-electron chi connectivity index (χ1n) is 6.10. The van der Waals surface area contributed by atoms with Gasteiger partial charge in [-0.15, -0.1) is 0 Å². The maximum absolute atomic E-state index is 5.67. The van der Waals surface area contributed by atoms with Crippen molar-refractivity contribution < 1.29 is 0 Å². The van der Waals surface area contributed by atoms with Crippen molar-refractivity contribution in [2.24, 2.45) is 12.8 Å². The summed E-state index contributed by atoms with van der Waals surface area (Å²) < 4.78 is 1.85. The molecule has 0 saturated carbocycles. The molecule has 0 aliphatic rings. The molecule has 4 nitrogen and oxygen atoms in total. The molecule has 2 N–H and O–H groups in total. The van der Waals surface area contributed by atoms with Gasteiger partial charge in [-0.3, -0.25) is 9.67 Å². The molecule has 0 aliphatic carbocycles. The third-order valence-corrected chi connectivity index (χ3v) is 2.88. The van der Waals surface area contributed by atoms with Gasteiger partial charge in [0.05, 0.1) is 5.69 Å². The molecule has 0 fully saturated rings. The number of nitrogens with zero attached hydrogens (tertiary/aromatic N) is 3. The van der Waals surface area contributed by atoms with Gasteiger partial charge in [0.25, 0.3) is 0 Å². The van der Waals surface area contributed by atoms with E-state index >= 15 is 0 Å². The fourth-order valence-electron chi connectivity index (χ4n) is 2.00. The number of hydrogen-bond acceptors (Lipinski definition) is 3. The van der Waals surface area contributed by atoms with Crippen LogP contribution < -0.4 is 5.73 Å². The Morgan fingerprint density at radius 1 is 1.28 bits per heavy atom. The lowest BCUT2D eigenvalue weighted by molar-refractivity contribution is 0.554. The Balaban J connectivity index is 2.56. The number of nitrogens with two attached hydrogens (primary N) is 1. The van der Waals surface area contributed by atoms with Crippen LogP contribution in [-0.4, -0.2) is 14.8 Å². The minimum Gasteiger partial charge on any atom is -0.326 e. The van der Waals surface area contributed by atoms with Gasteiger partial charge in [0.2, 0.25) is 0 Å². The predicted octanol–water partition coefficient (Wildman–Crippen LogP) is 2.24. The Bertz CT molecular complexity index is 549. The van der Waals surface area contributed by atoms with Crippen LogP contribution in [0.3, 0.4) is 0 Å². The number of aromatic nitrogens is 3. The normalized spacial score (nSPS) is 11.8. The number of hydrogen-bond donors (Lipinski definition) is 1. The second kappa shape index (κ2) is 4.53.